The van der Waals surface area contributed by atoms with E-state index in [9.17, 15) is 0 Å². The summed E-state index contributed by atoms with van der Waals surface area (Å²) in [7, 11) is -0.523. The van der Waals surface area contributed by atoms with Crippen molar-refractivity contribution in [2.45, 2.75) is 6.92 Å². The number of ether oxygens (including phenoxy) is 1. The van der Waals surface area contributed by atoms with Gasteiger partial charge < -0.3 is 4.74 Å². The zero-order chi connectivity index (χ0) is 15.2. The summed E-state index contributed by atoms with van der Waals surface area (Å²) in [6.07, 6.45) is 0. The lowest BCUT2D eigenvalue weighted by Crippen LogP contribution is -2.20. The predicted molar refractivity (Wildman–Crippen MR) is 96.3 cm³/mol. The predicted octanol–water partition coefficient (Wildman–Crippen LogP) is 3.84. The van der Waals surface area contributed by atoms with Crippen LogP contribution in [0, 0.1) is 0 Å². The minimum Gasteiger partial charge on any atom is -0.494 e. The van der Waals surface area contributed by atoms with Crippen LogP contribution in [-0.2, 0) is 0 Å². The van der Waals surface area contributed by atoms with E-state index in [1.165, 1.54) is 15.9 Å². The third kappa shape index (κ3) is 3.37. The Bertz CT molecular complexity index is 653. The van der Waals surface area contributed by atoms with E-state index in [0.29, 0.717) is 6.61 Å². The molecule has 0 aliphatic carbocycles. The molecule has 0 saturated heterocycles. The number of hydrogen-bond donors (Lipinski definition) is 0. The van der Waals surface area contributed by atoms with Crippen LogP contribution >= 0.6 is 7.92 Å². The highest BCUT2D eigenvalue weighted by atomic mass is 31.1. The van der Waals surface area contributed by atoms with Crippen molar-refractivity contribution in [1.29, 1.82) is 0 Å². The monoisotopic (exact) mass is 306 g/mol. The highest BCUT2D eigenvalue weighted by Crippen LogP contribution is 2.33. The van der Waals surface area contributed by atoms with E-state index in [1.54, 1.807) is 0 Å². The summed E-state index contributed by atoms with van der Waals surface area (Å²) >= 11 is 0. The molecule has 0 radical (unpaired) electrons. The SMILES string of the molecule is CCOc1ccc(P(c2ccccc2)c2ccccc2)cc1. The molecule has 0 N–H and O–H groups in total. The first-order valence-electron chi connectivity index (χ1n) is 7.51. The Balaban J connectivity index is 2.02. The molecule has 0 unspecified atom stereocenters. The molecule has 0 saturated carbocycles. The van der Waals surface area contributed by atoms with Crippen molar-refractivity contribution in [3.8, 4) is 5.75 Å². The fraction of sp³-hybridized carbons (Fsp3) is 0.100. The van der Waals surface area contributed by atoms with Gasteiger partial charge in [0.15, 0.2) is 0 Å². The van der Waals surface area contributed by atoms with Crippen LogP contribution in [0.5, 0.6) is 5.75 Å². The molecule has 22 heavy (non-hydrogen) atoms. The van der Waals surface area contributed by atoms with Gasteiger partial charge in [-0.25, -0.2) is 0 Å². The van der Waals surface area contributed by atoms with Gasteiger partial charge in [0.1, 0.15) is 5.75 Å². The molecule has 3 rings (SSSR count). The molecular formula is C20H19OP. The third-order valence-corrected chi connectivity index (χ3v) is 5.88. The molecule has 3 aromatic carbocycles. The largest absolute Gasteiger partial charge is 0.494 e. The molecule has 0 aliphatic rings. The van der Waals surface area contributed by atoms with E-state index in [2.05, 4.69) is 84.9 Å². The Kier molecular flexibility index (Phi) is 4.88. The molecule has 0 heterocycles. The van der Waals surface area contributed by atoms with Crippen LogP contribution < -0.4 is 20.7 Å². The van der Waals surface area contributed by atoms with Crippen LogP contribution in [0.1, 0.15) is 6.92 Å². The van der Waals surface area contributed by atoms with Gasteiger partial charge in [0, 0.05) is 0 Å². The maximum Gasteiger partial charge on any atom is 0.119 e. The van der Waals surface area contributed by atoms with Crippen LogP contribution in [0.25, 0.3) is 0 Å². The second-order valence-electron chi connectivity index (χ2n) is 4.93. The average molecular weight is 306 g/mol. The summed E-state index contributed by atoms with van der Waals surface area (Å²) in [6, 6.07) is 30.0. The normalized spacial score (nSPS) is 10.6. The standard InChI is InChI=1S/C20H19OP/c1-2-21-17-13-15-20(16-14-17)22(18-9-5-3-6-10-18)19-11-7-4-8-12-19/h3-16H,2H2,1H3. The summed E-state index contributed by atoms with van der Waals surface area (Å²) in [4.78, 5) is 0. The van der Waals surface area contributed by atoms with Gasteiger partial charge in [-0.15, -0.1) is 0 Å². The van der Waals surface area contributed by atoms with E-state index in [-0.39, 0.29) is 0 Å². The quantitative estimate of drug-likeness (QED) is 0.651. The molecule has 0 aromatic heterocycles. The summed E-state index contributed by atoms with van der Waals surface area (Å²) in [5.74, 6) is 0.933. The fourth-order valence-electron chi connectivity index (χ4n) is 2.46. The minimum atomic E-state index is -0.523. The lowest BCUT2D eigenvalue weighted by molar-refractivity contribution is 0.340. The topological polar surface area (TPSA) is 9.23 Å². The van der Waals surface area contributed by atoms with Gasteiger partial charge in [0.2, 0.25) is 0 Å². The first kappa shape index (κ1) is 14.8. The van der Waals surface area contributed by atoms with Crippen molar-refractivity contribution < 1.29 is 4.74 Å². The molecule has 2 heteroatoms. The zero-order valence-electron chi connectivity index (χ0n) is 12.6. The van der Waals surface area contributed by atoms with Crippen LogP contribution in [0.15, 0.2) is 84.9 Å². The highest BCUT2D eigenvalue weighted by Gasteiger charge is 2.15. The molecular weight excluding hydrogens is 287 g/mol. The van der Waals surface area contributed by atoms with Crippen molar-refractivity contribution in [1.82, 2.24) is 0 Å². The fourth-order valence-corrected chi connectivity index (χ4v) is 4.74. The van der Waals surface area contributed by atoms with Crippen molar-refractivity contribution in [2.24, 2.45) is 0 Å². The summed E-state index contributed by atoms with van der Waals surface area (Å²) in [5, 5.41) is 4.08. The highest BCUT2D eigenvalue weighted by molar-refractivity contribution is 7.79. The molecule has 0 amide bonds. The Morgan fingerprint density at radius 3 is 1.55 bits per heavy atom. The average Bonchev–Trinajstić information content (AvgIpc) is 2.59. The molecule has 0 spiro atoms. The lowest BCUT2D eigenvalue weighted by atomic mass is 10.3. The van der Waals surface area contributed by atoms with E-state index in [4.69, 9.17) is 4.74 Å². The molecule has 0 atom stereocenters. The van der Waals surface area contributed by atoms with E-state index in [0.717, 1.165) is 5.75 Å². The van der Waals surface area contributed by atoms with Crippen LogP contribution in [0.2, 0.25) is 0 Å². The van der Waals surface area contributed by atoms with E-state index in [1.807, 2.05) is 6.92 Å². The van der Waals surface area contributed by atoms with Gasteiger partial charge in [-0.1, -0.05) is 72.8 Å². The smallest absolute Gasteiger partial charge is 0.119 e. The maximum absolute atomic E-state index is 5.56. The summed E-state index contributed by atoms with van der Waals surface area (Å²) in [6.45, 7) is 2.71. The molecule has 1 nitrogen and oxygen atoms in total. The summed E-state index contributed by atoms with van der Waals surface area (Å²) < 4.78 is 5.56. The molecule has 110 valence electrons. The van der Waals surface area contributed by atoms with Crippen LogP contribution in [0.4, 0.5) is 0 Å². The zero-order valence-corrected chi connectivity index (χ0v) is 13.5. The van der Waals surface area contributed by atoms with Crippen LogP contribution in [0.3, 0.4) is 0 Å². The Hall–Kier alpha value is -2.11. The van der Waals surface area contributed by atoms with E-state index >= 15 is 0 Å². The minimum absolute atomic E-state index is 0.523. The Morgan fingerprint density at radius 1 is 0.636 bits per heavy atom. The van der Waals surface area contributed by atoms with E-state index < -0.39 is 7.92 Å². The van der Waals surface area contributed by atoms with Gasteiger partial charge >= 0.3 is 0 Å². The van der Waals surface area contributed by atoms with Gasteiger partial charge in [-0.3, -0.25) is 0 Å². The lowest BCUT2D eigenvalue weighted by Gasteiger charge is -2.19. The van der Waals surface area contributed by atoms with Gasteiger partial charge in [0.05, 0.1) is 6.61 Å². The van der Waals surface area contributed by atoms with Crippen molar-refractivity contribution >= 4 is 23.8 Å². The third-order valence-electron chi connectivity index (χ3n) is 3.43. The summed E-state index contributed by atoms with van der Waals surface area (Å²) in [5.41, 5.74) is 0. The number of benzene rings is 3. The van der Waals surface area contributed by atoms with Crippen molar-refractivity contribution in [2.75, 3.05) is 6.61 Å². The van der Waals surface area contributed by atoms with Gasteiger partial charge in [-0.05, 0) is 42.9 Å². The van der Waals surface area contributed by atoms with Crippen LogP contribution in [-0.4, -0.2) is 6.61 Å². The molecule has 0 bridgehead atoms. The first-order chi connectivity index (χ1) is 10.9. The number of hydrogen-bond acceptors (Lipinski definition) is 1. The molecule has 0 fully saturated rings. The Morgan fingerprint density at radius 2 is 1.09 bits per heavy atom. The van der Waals surface area contributed by atoms with Gasteiger partial charge in [-0.2, -0.15) is 0 Å². The van der Waals surface area contributed by atoms with Crippen molar-refractivity contribution in [3.63, 3.8) is 0 Å². The maximum atomic E-state index is 5.56. The second-order valence-corrected chi connectivity index (χ2v) is 7.15. The molecule has 3 aromatic rings. The number of rotatable bonds is 5. The second kappa shape index (κ2) is 7.24. The molecule has 0 aliphatic heterocycles. The Labute approximate surface area is 133 Å². The van der Waals surface area contributed by atoms with Gasteiger partial charge in [0.25, 0.3) is 0 Å². The first-order valence-corrected chi connectivity index (χ1v) is 8.86. The van der Waals surface area contributed by atoms with Crippen molar-refractivity contribution in [3.05, 3.63) is 84.9 Å².